The molecule has 2 aliphatic rings. The van der Waals surface area contributed by atoms with E-state index in [0.29, 0.717) is 36.9 Å². The average Bonchev–Trinajstić information content (AvgIpc) is 2.85. The highest BCUT2D eigenvalue weighted by atomic mass is 19.4. The van der Waals surface area contributed by atoms with Gasteiger partial charge in [0, 0.05) is 6.04 Å². The Balaban J connectivity index is 1.53. The lowest BCUT2D eigenvalue weighted by atomic mass is 9.82. The minimum atomic E-state index is -4.69. The van der Waals surface area contributed by atoms with Gasteiger partial charge in [-0.3, -0.25) is 9.69 Å². The number of aliphatic carboxylic acids is 1. The second-order valence-electron chi connectivity index (χ2n) is 10.3. The lowest BCUT2D eigenvalue weighted by Gasteiger charge is -2.35. The first-order valence-electron chi connectivity index (χ1n) is 12.6. The van der Waals surface area contributed by atoms with Crippen LogP contribution in [-0.2, 0) is 11.0 Å². The van der Waals surface area contributed by atoms with E-state index in [1.54, 1.807) is 18.2 Å². The molecule has 1 atom stereocenters. The molecule has 204 valence electrons. The molecule has 1 saturated heterocycles. The van der Waals surface area contributed by atoms with Crippen LogP contribution >= 0.6 is 0 Å². The Morgan fingerprint density at radius 2 is 1.62 bits per heavy atom. The summed E-state index contributed by atoms with van der Waals surface area (Å²) in [5, 5.41) is 9.64. The molecule has 1 heterocycles. The second kappa shape index (κ2) is 10.7. The molecular weight excluding hydrogens is 500 g/mol. The molecule has 0 spiro atoms. The number of ether oxygens (including phenoxy) is 1. The maximum Gasteiger partial charge on any atom is 0.420 e. The number of carboxylic acid groups (broad SMARTS) is 1. The topological polar surface area (TPSA) is 49.8 Å². The first kappa shape index (κ1) is 27.5. The van der Waals surface area contributed by atoms with E-state index in [1.165, 1.54) is 12.1 Å². The van der Waals surface area contributed by atoms with Gasteiger partial charge < -0.3 is 9.84 Å². The monoisotopic (exact) mass is 531 g/mol. The van der Waals surface area contributed by atoms with Gasteiger partial charge in [-0.1, -0.05) is 18.2 Å². The van der Waals surface area contributed by atoms with Crippen molar-refractivity contribution in [2.45, 2.75) is 63.8 Å². The van der Waals surface area contributed by atoms with Crippen LogP contribution in [0.4, 0.5) is 26.3 Å². The normalized spacial score (nSPS) is 23.2. The standard InChI is InChI=1S/C27H31F6NO3/c1-16(34-12-10-19(11-13-34)25(35)36)20-5-4-18-6-9-23(24(22(18)14-20)27(31,32)33)37-15-17-2-7-21(8-3-17)26(28,29)30/h4-6,9,14,16-17,19,21H,2-3,7-8,10-13,15H2,1H3,(H,35,36). The van der Waals surface area contributed by atoms with Gasteiger partial charge in [0.25, 0.3) is 0 Å². The molecule has 1 saturated carbocycles. The van der Waals surface area contributed by atoms with Crippen LogP contribution in [0.3, 0.4) is 0 Å². The van der Waals surface area contributed by atoms with Crippen molar-refractivity contribution in [3.8, 4) is 5.75 Å². The van der Waals surface area contributed by atoms with Crippen molar-refractivity contribution in [1.82, 2.24) is 4.90 Å². The van der Waals surface area contributed by atoms with Crippen molar-refractivity contribution in [2.75, 3.05) is 19.7 Å². The molecule has 0 bridgehead atoms. The van der Waals surface area contributed by atoms with Crippen LogP contribution in [0.25, 0.3) is 10.8 Å². The third kappa shape index (κ3) is 6.33. The van der Waals surface area contributed by atoms with Gasteiger partial charge in [0.2, 0.25) is 0 Å². The van der Waals surface area contributed by atoms with E-state index in [4.69, 9.17) is 4.74 Å². The van der Waals surface area contributed by atoms with E-state index in [0.717, 1.165) is 0 Å². The van der Waals surface area contributed by atoms with Gasteiger partial charge >= 0.3 is 18.3 Å². The van der Waals surface area contributed by atoms with Crippen LogP contribution in [0.2, 0.25) is 0 Å². The molecule has 1 aliphatic carbocycles. The molecule has 2 aromatic rings. The molecule has 1 aliphatic heterocycles. The van der Waals surface area contributed by atoms with Gasteiger partial charge in [-0.05, 0) is 92.9 Å². The maximum absolute atomic E-state index is 14.3. The fraction of sp³-hybridized carbons (Fsp3) is 0.593. The summed E-state index contributed by atoms with van der Waals surface area (Å²) in [5.41, 5.74) is -0.193. The van der Waals surface area contributed by atoms with Crippen molar-refractivity contribution in [3.05, 3.63) is 41.5 Å². The third-order valence-electron chi connectivity index (χ3n) is 7.98. The van der Waals surface area contributed by atoms with Gasteiger partial charge in [-0.15, -0.1) is 0 Å². The molecule has 1 unspecified atom stereocenters. The summed E-state index contributed by atoms with van der Waals surface area (Å²) in [6, 6.07) is 7.60. The maximum atomic E-state index is 14.3. The largest absolute Gasteiger partial charge is 0.493 e. The van der Waals surface area contributed by atoms with E-state index < -0.39 is 35.7 Å². The molecule has 2 aromatic carbocycles. The second-order valence-corrected chi connectivity index (χ2v) is 10.3. The zero-order valence-electron chi connectivity index (χ0n) is 20.5. The summed E-state index contributed by atoms with van der Waals surface area (Å²) in [7, 11) is 0. The zero-order chi connectivity index (χ0) is 27.0. The minimum Gasteiger partial charge on any atom is -0.493 e. The summed E-state index contributed by atoms with van der Waals surface area (Å²) in [4.78, 5) is 13.3. The van der Waals surface area contributed by atoms with Crippen molar-refractivity contribution in [3.63, 3.8) is 0 Å². The Morgan fingerprint density at radius 1 is 1.00 bits per heavy atom. The van der Waals surface area contributed by atoms with Gasteiger partial charge in [0.15, 0.2) is 0 Å². The number of benzene rings is 2. The highest BCUT2D eigenvalue weighted by molar-refractivity contribution is 5.89. The first-order valence-corrected chi connectivity index (χ1v) is 12.6. The molecular formula is C27H31F6NO3. The molecule has 4 rings (SSSR count). The van der Waals surface area contributed by atoms with Crippen molar-refractivity contribution in [1.29, 1.82) is 0 Å². The Hall–Kier alpha value is -2.49. The highest BCUT2D eigenvalue weighted by Crippen LogP contribution is 2.44. The first-order chi connectivity index (χ1) is 17.3. The Labute approximate surface area is 211 Å². The molecule has 1 N–H and O–H groups in total. The van der Waals surface area contributed by atoms with Crippen LogP contribution in [-0.4, -0.2) is 41.8 Å². The number of piperidine rings is 1. The molecule has 4 nitrogen and oxygen atoms in total. The number of fused-ring (bicyclic) bond motifs is 1. The number of nitrogens with zero attached hydrogens (tertiary/aromatic N) is 1. The van der Waals surface area contributed by atoms with E-state index in [9.17, 15) is 36.2 Å². The van der Waals surface area contributed by atoms with E-state index in [1.807, 2.05) is 6.92 Å². The lowest BCUT2D eigenvalue weighted by Crippen LogP contribution is -2.37. The number of carboxylic acids is 1. The lowest BCUT2D eigenvalue weighted by molar-refractivity contribution is -0.184. The van der Waals surface area contributed by atoms with Crippen molar-refractivity contribution in [2.24, 2.45) is 17.8 Å². The van der Waals surface area contributed by atoms with Gasteiger partial charge in [-0.2, -0.15) is 26.3 Å². The highest BCUT2D eigenvalue weighted by Gasteiger charge is 2.42. The van der Waals surface area contributed by atoms with Crippen LogP contribution in [0.15, 0.2) is 30.3 Å². The van der Waals surface area contributed by atoms with Gasteiger partial charge in [0.1, 0.15) is 11.3 Å². The predicted octanol–water partition coefficient (Wildman–Crippen LogP) is 7.46. The van der Waals surface area contributed by atoms with Crippen LogP contribution in [0.1, 0.15) is 62.6 Å². The quantitative estimate of drug-likeness (QED) is 0.393. The van der Waals surface area contributed by atoms with Crippen molar-refractivity contribution < 1.29 is 41.0 Å². The average molecular weight is 532 g/mol. The van der Waals surface area contributed by atoms with E-state index >= 15 is 0 Å². The minimum absolute atomic E-state index is 0.00977. The van der Waals surface area contributed by atoms with Crippen LogP contribution in [0.5, 0.6) is 5.75 Å². The zero-order valence-corrected chi connectivity index (χ0v) is 20.5. The third-order valence-corrected chi connectivity index (χ3v) is 7.98. The Morgan fingerprint density at radius 3 is 2.19 bits per heavy atom. The smallest absolute Gasteiger partial charge is 0.420 e. The summed E-state index contributed by atoms with van der Waals surface area (Å²) in [5.74, 6) is -3.13. The van der Waals surface area contributed by atoms with E-state index in [-0.39, 0.29) is 55.4 Å². The van der Waals surface area contributed by atoms with Gasteiger partial charge in [0.05, 0.1) is 18.4 Å². The number of hydrogen-bond acceptors (Lipinski definition) is 3. The SMILES string of the molecule is CC(c1ccc2ccc(OCC3CCC(C(F)(F)F)CC3)c(C(F)(F)F)c2c1)N1CCC(C(=O)O)CC1. The predicted molar refractivity (Wildman–Crippen MR) is 126 cm³/mol. The Kier molecular flexibility index (Phi) is 7.97. The fourth-order valence-electron chi connectivity index (χ4n) is 5.60. The summed E-state index contributed by atoms with van der Waals surface area (Å²) in [6.07, 6.45) is -7.50. The molecule has 10 heteroatoms. The molecule has 0 radical (unpaired) electrons. The summed E-state index contributed by atoms with van der Waals surface area (Å²) in [6.45, 7) is 2.92. The van der Waals surface area contributed by atoms with Crippen molar-refractivity contribution >= 4 is 16.7 Å². The number of likely N-dealkylation sites (tertiary alicyclic amines) is 1. The summed E-state index contributed by atoms with van der Waals surface area (Å²) < 4.78 is 87.2. The van der Waals surface area contributed by atoms with E-state index in [2.05, 4.69) is 4.90 Å². The molecule has 37 heavy (non-hydrogen) atoms. The number of alkyl halides is 6. The van der Waals surface area contributed by atoms with Crippen LogP contribution in [0, 0.1) is 17.8 Å². The summed E-state index contributed by atoms with van der Waals surface area (Å²) >= 11 is 0. The molecule has 0 aromatic heterocycles. The fourth-order valence-corrected chi connectivity index (χ4v) is 5.60. The van der Waals surface area contributed by atoms with Crippen LogP contribution < -0.4 is 4.74 Å². The van der Waals surface area contributed by atoms with Gasteiger partial charge in [-0.25, -0.2) is 0 Å². The molecule has 2 fully saturated rings. The molecule has 0 amide bonds. The number of carbonyl (C=O) groups is 1. The number of rotatable bonds is 6. The number of halogens is 6. The Bertz CT molecular complexity index is 1100. The number of hydrogen-bond donors (Lipinski definition) is 1.